The van der Waals surface area contributed by atoms with Gasteiger partial charge >= 0.3 is 0 Å². The SMILES string of the molecule is CCCCCCC(=O)CCCCCNC(=O)CCN1C(=O)CC(C)C1=O. The monoisotopic (exact) mass is 366 g/mol. The van der Waals surface area contributed by atoms with E-state index in [0.717, 1.165) is 32.1 Å². The molecule has 6 heteroatoms. The highest BCUT2D eigenvalue weighted by molar-refractivity contribution is 6.03. The zero-order valence-corrected chi connectivity index (χ0v) is 16.3. The molecule has 0 radical (unpaired) electrons. The van der Waals surface area contributed by atoms with Crippen molar-refractivity contribution in [3.8, 4) is 0 Å². The Labute approximate surface area is 157 Å². The van der Waals surface area contributed by atoms with Crippen LogP contribution < -0.4 is 5.32 Å². The molecule has 0 bridgehead atoms. The molecule has 1 N–H and O–H groups in total. The van der Waals surface area contributed by atoms with E-state index in [4.69, 9.17) is 0 Å². The van der Waals surface area contributed by atoms with Crippen LogP contribution in [0.3, 0.4) is 0 Å². The number of hydrogen-bond donors (Lipinski definition) is 1. The van der Waals surface area contributed by atoms with Crippen LogP contribution in [0.25, 0.3) is 0 Å². The summed E-state index contributed by atoms with van der Waals surface area (Å²) in [6, 6.07) is 0. The van der Waals surface area contributed by atoms with Crippen molar-refractivity contribution >= 4 is 23.5 Å². The molecule has 1 aliphatic heterocycles. The molecular formula is C20H34N2O4. The smallest absolute Gasteiger partial charge is 0.232 e. The third-order valence-electron chi connectivity index (χ3n) is 4.80. The summed E-state index contributed by atoms with van der Waals surface area (Å²) < 4.78 is 0. The van der Waals surface area contributed by atoms with Gasteiger partial charge in [-0.25, -0.2) is 0 Å². The summed E-state index contributed by atoms with van der Waals surface area (Å²) in [6.45, 7) is 4.63. The first-order valence-electron chi connectivity index (χ1n) is 10.1. The van der Waals surface area contributed by atoms with Crippen LogP contribution >= 0.6 is 0 Å². The number of amides is 3. The van der Waals surface area contributed by atoms with Crippen LogP contribution in [0.15, 0.2) is 0 Å². The fraction of sp³-hybridized carbons (Fsp3) is 0.800. The van der Waals surface area contributed by atoms with Crippen LogP contribution in [0.1, 0.15) is 84.5 Å². The van der Waals surface area contributed by atoms with Crippen LogP contribution in [0.2, 0.25) is 0 Å². The van der Waals surface area contributed by atoms with Gasteiger partial charge in [-0.3, -0.25) is 24.1 Å². The largest absolute Gasteiger partial charge is 0.356 e. The number of nitrogens with one attached hydrogen (secondary N) is 1. The number of likely N-dealkylation sites (tertiary alicyclic amines) is 1. The van der Waals surface area contributed by atoms with Gasteiger partial charge in [0.1, 0.15) is 5.78 Å². The molecule has 1 heterocycles. The zero-order valence-electron chi connectivity index (χ0n) is 16.3. The van der Waals surface area contributed by atoms with Gasteiger partial charge in [-0.15, -0.1) is 0 Å². The van der Waals surface area contributed by atoms with Crippen LogP contribution in [-0.4, -0.2) is 41.5 Å². The Hall–Kier alpha value is -1.72. The van der Waals surface area contributed by atoms with Crippen LogP contribution in [-0.2, 0) is 19.2 Å². The predicted octanol–water partition coefficient (Wildman–Crippen LogP) is 2.99. The van der Waals surface area contributed by atoms with Gasteiger partial charge in [-0.1, -0.05) is 39.5 Å². The summed E-state index contributed by atoms with van der Waals surface area (Å²) in [4.78, 5) is 48.1. The number of unbranched alkanes of at least 4 members (excludes halogenated alkanes) is 5. The Morgan fingerprint density at radius 1 is 1.00 bits per heavy atom. The molecule has 6 nitrogen and oxygen atoms in total. The maximum Gasteiger partial charge on any atom is 0.232 e. The molecule has 1 rings (SSSR count). The number of hydrogen-bond acceptors (Lipinski definition) is 4. The van der Waals surface area contributed by atoms with Gasteiger partial charge in [0.05, 0.1) is 0 Å². The first-order chi connectivity index (χ1) is 12.5. The summed E-state index contributed by atoms with van der Waals surface area (Å²) in [5.41, 5.74) is 0. The number of nitrogens with zero attached hydrogens (tertiary/aromatic N) is 1. The molecule has 26 heavy (non-hydrogen) atoms. The molecule has 1 atom stereocenters. The highest BCUT2D eigenvalue weighted by Gasteiger charge is 2.35. The third-order valence-corrected chi connectivity index (χ3v) is 4.80. The van der Waals surface area contributed by atoms with Crippen LogP contribution in [0.4, 0.5) is 0 Å². The Bertz CT molecular complexity index is 490. The van der Waals surface area contributed by atoms with Crippen molar-refractivity contribution in [2.24, 2.45) is 5.92 Å². The van der Waals surface area contributed by atoms with E-state index in [1.54, 1.807) is 6.92 Å². The molecule has 3 amide bonds. The molecule has 0 aromatic rings. The lowest BCUT2D eigenvalue weighted by atomic mass is 10.1. The predicted molar refractivity (Wildman–Crippen MR) is 100 cm³/mol. The number of carbonyl (C=O) groups is 4. The lowest BCUT2D eigenvalue weighted by Gasteiger charge is -2.13. The average Bonchev–Trinajstić information content (AvgIpc) is 2.85. The summed E-state index contributed by atoms with van der Waals surface area (Å²) in [5.74, 6) is -0.423. The Kier molecular flexibility index (Phi) is 10.8. The molecule has 0 aromatic carbocycles. The Balaban J connectivity index is 1.99. The minimum absolute atomic E-state index is 0.142. The summed E-state index contributed by atoms with van der Waals surface area (Å²) in [5, 5.41) is 2.81. The van der Waals surface area contributed by atoms with Gasteiger partial charge in [0.2, 0.25) is 17.7 Å². The fourth-order valence-electron chi connectivity index (χ4n) is 3.11. The minimum Gasteiger partial charge on any atom is -0.356 e. The summed E-state index contributed by atoms with van der Waals surface area (Å²) in [6.07, 6.45) is 8.90. The Morgan fingerprint density at radius 3 is 2.23 bits per heavy atom. The summed E-state index contributed by atoms with van der Waals surface area (Å²) in [7, 11) is 0. The third kappa shape index (κ3) is 8.59. The maximum atomic E-state index is 11.8. The van der Waals surface area contributed by atoms with E-state index >= 15 is 0 Å². The van der Waals surface area contributed by atoms with Crippen molar-refractivity contribution in [3.63, 3.8) is 0 Å². The molecule has 1 fully saturated rings. The van der Waals surface area contributed by atoms with Crippen molar-refractivity contribution in [2.75, 3.05) is 13.1 Å². The van der Waals surface area contributed by atoms with E-state index in [0.29, 0.717) is 25.2 Å². The highest BCUT2D eigenvalue weighted by Crippen LogP contribution is 2.18. The van der Waals surface area contributed by atoms with E-state index in [-0.39, 0.29) is 43.0 Å². The standard InChI is InChI=1S/C20H34N2O4/c1-3-4-5-7-10-17(23)11-8-6-9-13-21-18(24)12-14-22-19(25)15-16(2)20(22)26/h16H,3-15H2,1-2H3,(H,21,24). The van der Waals surface area contributed by atoms with E-state index < -0.39 is 0 Å². The van der Waals surface area contributed by atoms with Gasteiger partial charge in [0, 0.05) is 44.7 Å². The van der Waals surface area contributed by atoms with Crippen LogP contribution in [0.5, 0.6) is 0 Å². The van der Waals surface area contributed by atoms with Crippen molar-refractivity contribution in [2.45, 2.75) is 84.5 Å². The molecule has 1 saturated heterocycles. The second-order valence-corrected chi connectivity index (χ2v) is 7.25. The molecule has 148 valence electrons. The second kappa shape index (κ2) is 12.6. The normalized spacial score (nSPS) is 17.0. The quantitative estimate of drug-likeness (QED) is 0.378. The Morgan fingerprint density at radius 2 is 1.65 bits per heavy atom. The van der Waals surface area contributed by atoms with Gasteiger partial charge < -0.3 is 5.32 Å². The molecule has 0 spiro atoms. The second-order valence-electron chi connectivity index (χ2n) is 7.25. The topological polar surface area (TPSA) is 83.6 Å². The van der Waals surface area contributed by atoms with Gasteiger partial charge in [0.25, 0.3) is 0 Å². The van der Waals surface area contributed by atoms with E-state index in [1.165, 1.54) is 17.7 Å². The molecule has 0 aliphatic carbocycles. The lowest BCUT2D eigenvalue weighted by molar-refractivity contribution is -0.139. The van der Waals surface area contributed by atoms with Crippen LogP contribution in [0, 0.1) is 5.92 Å². The number of imide groups is 1. The molecule has 1 unspecified atom stereocenters. The maximum absolute atomic E-state index is 11.8. The van der Waals surface area contributed by atoms with E-state index in [2.05, 4.69) is 12.2 Å². The number of ketones is 1. The molecule has 1 aliphatic rings. The van der Waals surface area contributed by atoms with Gasteiger partial charge in [-0.2, -0.15) is 0 Å². The van der Waals surface area contributed by atoms with Crippen molar-refractivity contribution in [3.05, 3.63) is 0 Å². The highest BCUT2D eigenvalue weighted by atomic mass is 16.2. The molecular weight excluding hydrogens is 332 g/mol. The lowest BCUT2D eigenvalue weighted by Crippen LogP contribution is -2.35. The van der Waals surface area contributed by atoms with Gasteiger partial charge in [-0.05, 0) is 19.3 Å². The minimum atomic E-state index is -0.264. The summed E-state index contributed by atoms with van der Waals surface area (Å²) >= 11 is 0. The van der Waals surface area contributed by atoms with Crippen molar-refractivity contribution < 1.29 is 19.2 Å². The van der Waals surface area contributed by atoms with Gasteiger partial charge in [0.15, 0.2) is 0 Å². The molecule has 0 saturated carbocycles. The first-order valence-corrected chi connectivity index (χ1v) is 10.1. The van der Waals surface area contributed by atoms with E-state index in [9.17, 15) is 19.2 Å². The number of Topliss-reactive ketones (excluding diaryl/α,β-unsaturated/α-hetero) is 1. The zero-order chi connectivity index (χ0) is 19.4. The van der Waals surface area contributed by atoms with Crippen molar-refractivity contribution in [1.82, 2.24) is 10.2 Å². The first kappa shape index (κ1) is 22.3. The number of rotatable bonds is 14. The number of carbonyl (C=O) groups excluding carboxylic acids is 4. The average molecular weight is 367 g/mol. The molecule has 0 aromatic heterocycles. The van der Waals surface area contributed by atoms with Crippen molar-refractivity contribution in [1.29, 1.82) is 0 Å². The van der Waals surface area contributed by atoms with E-state index in [1.807, 2.05) is 0 Å². The fourth-order valence-corrected chi connectivity index (χ4v) is 3.11.